The van der Waals surface area contributed by atoms with Gasteiger partial charge in [-0.25, -0.2) is 0 Å². The first-order valence-corrected chi connectivity index (χ1v) is 10.4. The second-order valence-corrected chi connectivity index (χ2v) is 7.85. The monoisotopic (exact) mass is 375 g/mol. The second-order valence-electron chi connectivity index (χ2n) is 6.87. The summed E-state index contributed by atoms with van der Waals surface area (Å²) in [6, 6.07) is 9.09. The van der Waals surface area contributed by atoms with Crippen LogP contribution in [0.1, 0.15) is 25.7 Å². The van der Waals surface area contributed by atoms with Gasteiger partial charge < -0.3 is 15.5 Å². The molecular formula is C19H25N3O3S. The molecule has 2 N–H and O–H groups in total. The Morgan fingerprint density at radius 3 is 2.65 bits per heavy atom. The highest BCUT2D eigenvalue weighted by Gasteiger charge is 2.37. The normalized spacial score (nSPS) is 20.7. The lowest BCUT2D eigenvalue weighted by Crippen LogP contribution is -2.49. The predicted octanol–water partition coefficient (Wildman–Crippen LogP) is 1.56. The van der Waals surface area contributed by atoms with E-state index in [1.54, 1.807) is 16.7 Å². The minimum atomic E-state index is -0.531. The predicted molar refractivity (Wildman–Crippen MR) is 103 cm³/mol. The Labute approximate surface area is 158 Å². The molecule has 2 fully saturated rings. The van der Waals surface area contributed by atoms with Crippen molar-refractivity contribution in [2.75, 3.05) is 23.5 Å². The van der Waals surface area contributed by atoms with Crippen LogP contribution in [0.3, 0.4) is 0 Å². The molecule has 6 nitrogen and oxygen atoms in total. The lowest BCUT2D eigenvalue weighted by Gasteiger charge is -2.20. The molecule has 0 spiro atoms. The summed E-state index contributed by atoms with van der Waals surface area (Å²) < 4.78 is 0. The van der Waals surface area contributed by atoms with Crippen LogP contribution in [0.2, 0.25) is 0 Å². The number of hydrogen-bond acceptors (Lipinski definition) is 4. The van der Waals surface area contributed by atoms with Gasteiger partial charge in [-0.05, 0) is 43.4 Å². The van der Waals surface area contributed by atoms with E-state index in [1.165, 1.54) is 0 Å². The zero-order valence-electron chi connectivity index (χ0n) is 14.9. The topological polar surface area (TPSA) is 78.5 Å². The number of nitrogens with zero attached hydrogens (tertiary/aromatic N) is 1. The van der Waals surface area contributed by atoms with Crippen molar-refractivity contribution in [2.45, 2.75) is 37.8 Å². The lowest BCUT2D eigenvalue weighted by molar-refractivity contribution is -0.131. The van der Waals surface area contributed by atoms with Crippen LogP contribution in [0.5, 0.6) is 0 Å². The van der Waals surface area contributed by atoms with Crippen molar-refractivity contribution >= 4 is 35.2 Å². The van der Waals surface area contributed by atoms with E-state index in [1.807, 2.05) is 36.6 Å². The molecule has 1 unspecified atom stereocenters. The summed E-state index contributed by atoms with van der Waals surface area (Å²) in [5.41, 5.74) is 0.804. The maximum atomic E-state index is 12.7. The fourth-order valence-corrected chi connectivity index (χ4v) is 3.54. The molecule has 1 aliphatic heterocycles. The highest BCUT2D eigenvalue weighted by atomic mass is 32.2. The zero-order chi connectivity index (χ0) is 18.5. The van der Waals surface area contributed by atoms with Gasteiger partial charge in [0.2, 0.25) is 17.7 Å². The molecule has 1 aromatic rings. The van der Waals surface area contributed by atoms with Crippen LogP contribution in [0, 0.1) is 5.92 Å². The van der Waals surface area contributed by atoms with Crippen molar-refractivity contribution < 1.29 is 14.4 Å². The quantitative estimate of drug-likeness (QED) is 0.723. The van der Waals surface area contributed by atoms with Gasteiger partial charge >= 0.3 is 0 Å². The smallest absolute Gasteiger partial charge is 0.242 e. The number of carbonyl (C=O) groups excluding carboxylic acids is 3. The van der Waals surface area contributed by atoms with E-state index in [9.17, 15) is 14.4 Å². The largest absolute Gasteiger partial charge is 0.352 e. The molecule has 2 aliphatic rings. The summed E-state index contributed by atoms with van der Waals surface area (Å²) in [6.07, 6.45) is 4.77. The molecule has 0 radical (unpaired) electrons. The molecule has 2 atom stereocenters. The fourth-order valence-electron chi connectivity index (χ4n) is 3.06. The van der Waals surface area contributed by atoms with Crippen molar-refractivity contribution in [3.8, 4) is 0 Å². The van der Waals surface area contributed by atoms with Crippen LogP contribution >= 0.6 is 11.8 Å². The van der Waals surface area contributed by atoms with Crippen LogP contribution in [-0.4, -0.2) is 48.4 Å². The third kappa shape index (κ3) is 4.78. The number of carbonyl (C=O) groups is 3. The lowest BCUT2D eigenvalue weighted by atomic mass is 10.1. The van der Waals surface area contributed by atoms with Crippen LogP contribution in [0.15, 0.2) is 30.3 Å². The van der Waals surface area contributed by atoms with Crippen LogP contribution in [-0.2, 0) is 14.4 Å². The summed E-state index contributed by atoms with van der Waals surface area (Å²) in [4.78, 5) is 39.0. The van der Waals surface area contributed by atoms with E-state index in [0.717, 1.165) is 24.3 Å². The van der Waals surface area contributed by atoms with Crippen LogP contribution in [0.25, 0.3) is 0 Å². The highest BCUT2D eigenvalue weighted by molar-refractivity contribution is 7.98. The van der Waals surface area contributed by atoms with Gasteiger partial charge in [-0.3, -0.25) is 14.4 Å². The molecule has 1 aliphatic carbocycles. The van der Waals surface area contributed by atoms with E-state index in [-0.39, 0.29) is 30.2 Å². The molecule has 1 heterocycles. The molecule has 26 heavy (non-hydrogen) atoms. The van der Waals surface area contributed by atoms with Crippen molar-refractivity contribution in [3.63, 3.8) is 0 Å². The van der Waals surface area contributed by atoms with Crippen molar-refractivity contribution in [2.24, 2.45) is 5.92 Å². The maximum Gasteiger partial charge on any atom is 0.242 e. The fraction of sp³-hybridized carbons (Fsp3) is 0.526. The van der Waals surface area contributed by atoms with Gasteiger partial charge in [-0.2, -0.15) is 11.8 Å². The molecular weight excluding hydrogens is 350 g/mol. The molecule has 3 amide bonds. The Morgan fingerprint density at radius 2 is 2.00 bits per heavy atom. The number of benzene rings is 1. The summed E-state index contributed by atoms with van der Waals surface area (Å²) in [6.45, 7) is 0.355. The summed E-state index contributed by atoms with van der Waals surface area (Å²) in [5.74, 6) is -0.0106. The number of rotatable bonds is 8. The number of nitrogens with one attached hydrogen (secondary N) is 2. The van der Waals surface area contributed by atoms with Gasteiger partial charge in [-0.15, -0.1) is 0 Å². The van der Waals surface area contributed by atoms with Gasteiger partial charge in [0.25, 0.3) is 0 Å². The molecule has 3 rings (SSSR count). The Morgan fingerprint density at radius 1 is 1.27 bits per heavy atom. The van der Waals surface area contributed by atoms with Crippen molar-refractivity contribution in [3.05, 3.63) is 30.3 Å². The zero-order valence-corrected chi connectivity index (χ0v) is 15.8. The van der Waals surface area contributed by atoms with Crippen molar-refractivity contribution in [1.29, 1.82) is 0 Å². The van der Waals surface area contributed by atoms with E-state index < -0.39 is 12.0 Å². The highest BCUT2D eigenvalue weighted by Crippen LogP contribution is 2.25. The Bertz CT molecular complexity index is 663. The average molecular weight is 375 g/mol. The standard InChI is InChI=1S/C19H25N3O3S/c1-26-10-9-16(19(25)20-14-7-8-14)21-18(24)13-11-17(23)22(12-13)15-5-3-2-4-6-15/h2-6,13-14,16H,7-12H2,1H3,(H,20,25)(H,21,24)/t13?,16-/m0/s1. The first-order valence-electron chi connectivity index (χ1n) is 9.03. The van der Waals surface area contributed by atoms with Crippen LogP contribution in [0.4, 0.5) is 5.69 Å². The van der Waals surface area contributed by atoms with Gasteiger partial charge in [-0.1, -0.05) is 18.2 Å². The van der Waals surface area contributed by atoms with Gasteiger partial charge in [0.1, 0.15) is 6.04 Å². The number of anilines is 1. The molecule has 1 aromatic carbocycles. The first kappa shape index (κ1) is 18.8. The van der Waals surface area contributed by atoms with Crippen LogP contribution < -0.4 is 15.5 Å². The Balaban J connectivity index is 1.60. The molecule has 0 bridgehead atoms. The summed E-state index contributed by atoms with van der Waals surface area (Å²) in [5, 5.41) is 5.84. The molecule has 1 saturated carbocycles. The minimum absolute atomic E-state index is 0.0561. The summed E-state index contributed by atoms with van der Waals surface area (Å²) >= 11 is 1.65. The minimum Gasteiger partial charge on any atom is -0.352 e. The first-order chi connectivity index (χ1) is 12.6. The molecule has 140 valence electrons. The second kappa shape index (κ2) is 8.58. The average Bonchev–Trinajstić information content (AvgIpc) is 3.37. The van der Waals surface area contributed by atoms with Crippen molar-refractivity contribution in [1.82, 2.24) is 10.6 Å². The Hall–Kier alpha value is -2.02. The molecule has 7 heteroatoms. The van der Waals surface area contributed by atoms with Gasteiger partial charge in [0, 0.05) is 24.7 Å². The van der Waals surface area contributed by atoms with E-state index in [2.05, 4.69) is 10.6 Å². The molecule has 0 aromatic heterocycles. The van der Waals surface area contributed by atoms with E-state index in [4.69, 9.17) is 0 Å². The van der Waals surface area contributed by atoms with E-state index in [0.29, 0.717) is 13.0 Å². The van der Waals surface area contributed by atoms with Gasteiger partial charge in [0.15, 0.2) is 0 Å². The number of amides is 3. The summed E-state index contributed by atoms with van der Waals surface area (Å²) in [7, 11) is 0. The number of hydrogen-bond donors (Lipinski definition) is 2. The third-order valence-corrected chi connectivity index (χ3v) is 5.38. The van der Waals surface area contributed by atoms with Gasteiger partial charge in [0.05, 0.1) is 5.92 Å². The third-order valence-electron chi connectivity index (χ3n) is 4.73. The number of para-hydroxylation sites is 1. The number of thioether (sulfide) groups is 1. The SMILES string of the molecule is CSCC[C@H](NC(=O)C1CC(=O)N(c2ccccc2)C1)C(=O)NC1CC1. The maximum absolute atomic E-state index is 12.7. The van der Waals surface area contributed by atoms with E-state index >= 15 is 0 Å². The Kier molecular flexibility index (Phi) is 6.19. The molecule has 1 saturated heterocycles.